The fraction of sp³-hybridized carbons (Fsp3) is 0.417. The molecule has 1 aromatic carbocycles. The van der Waals surface area contributed by atoms with E-state index in [1.807, 2.05) is 32.2 Å². The zero-order chi connectivity index (χ0) is 11.4. The van der Waals surface area contributed by atoms with E-state index in [2.05, 4.69) is 29.5 Å². The molecule has 0 N–H and O–H groups in total. The predicted octanol–water partition coefficient (Wildman–Crippen LogP) is 3.08. The van der Waals surface area contributed by atoms with Gasteiger partial charge in [0, 0.05) is 17.2 Å². The molecule has 0 saturated carbocycles. The van der Waals surface area contributed by atoms with E-state index in [0.29, 0.717) is 0 Å². The van der Waals surface area contributed by atoms with Crippen molar-refractivity contribution in [3.8, 4) is 0 Å². The maximum absolute atomic E-state index is 12.0. The van der Waals surface area contributed by atoms with Gasteiger partial charge in [-0.05, 0) is 47.6 Å². The fourth-order valence-corrected chi connectivity index (χ4v) is 2.05. The van der Waals surface area contributed by atoms with Crippen LogP contribution in [0.5, 0.6) is 0 Å². The zero-order valence-corrected chi connectivity index (χ0v) is 11.5. The van der Waals surface area contributed by atoms with Crippen molar-refractivity contribution in [3.05, 3.63) is 32.9 Å². The number of aryl methyl sites for hydroxylation is 1. The van der Waals surface area contributed by atoms with Gasteiger partial charge in [-0.3, -0.25) is 4.79 Å². The van der Waals surface area contributed by atoms with Crippen molar-refractivity contribution in [1.82, 2.24) is 4.90 Å². The highest BCUT2D eigenvalue weighted by molar-refractivity contribution is 14.1. The molecular formula is C12H16INO. The largest absolute Gasteiger partial charge is 0.342 e. The fourth-order valence-electron chi connectivity index (χ4n) is 1.46. The van der Waals surface area contributed by atoms with Crippen molar-refractivity contribution in [3.63, 3.8) is 0 Å². The number of rotatable bonds is 3. The molecule has 82 valence electrons. The minimum absolute atomic E-state index is 0.116. The molecule has 0 unspecified atom stereocenters. The molecule has 2 nitrogen and oxygen atoms in total. The number of amides is 1. The highest BCUT2D eigenvalue weighted by Gasteiger charge is 2.14. The maximum atomic E-state index is 12.0. The Hall–Kier alpha value is -0.580. The second-order valence-electron chi connectivity index (χ2n) is 3.66. The first-order valence-electron chi connectivity index (χ1n) is 5.08. The molecule has 0 spiro atoms. The lowest BCUT2D eigenvalue weighted by molar-refractivity contribution is 0.0794. The molecule has 0 aliphatic carbocycles. The second-order valence-corrected chi connectivity index (χ2v) is 4.74. The molecule has 0 atom stereocenters. The summed E-state index contributed by atoms with van der Waals surface area (Å²) in [5, 5.41) is 0. The summed E-state index contributed by atoms with van der Waals surface area (Å²) in [5.41, 5.74) is 1.97. The van der Waals surface area contributed by atoms with Gasteiger partial charge in [0.2, 0.25) is 0 Å². The average Bonchev–Trinajstić information content (AvgIpc) is 2.21. The van der Waals surface area contributed by atoms with Crippen molar-refractivity contribution in [2.75, 3.05) is 13.6 Å². The van der Waals surface area contributed by atoms with Gasteiger partial charge in [-0.1, -0.05) is 19.1 Å². The third-order valence-electron chi connectivity index (χ3n) is 2.33. The second kappa shape index (κ2) is 5.49. The summed E-state index contributed by atoms with van der Waals surface area (Å²) in [7, 11) is 1.85. The van der Waals surface area contributed by atoms with E-state index in [0.717, 1.165) is 27.7 Å². The van der Waals surface area contributed by atoms with E-state index in [4.69, 9.17) is 0 Å². The van der Waals surface area contributed by atoms with Crippen LogP contribution in [0.25, 0.3) is 0 Å². The summed E-state index contributed by atoms with van der Waals surface area (Å²) in [6.07, 6.45) is 0.991. The van der Waals surface area contributed by atoms with E-state index in [1.165, 1.54) is 0 Å². The molecule has 0 saturated heterocycles. The Balaban J connectivity index is 2.96. The number of carbonyl (C=O) groups excluding carboxylic acids is 1. The van der Waals surface area contributed by atoms with Crippen molar-refractivity contribution in [1.29, 1.82) is 0 Å². The normalized spacial score (nSPS) is 10.1. The Kier molecular flexibility index (Phi) is 4.57. The molecule has 0 aliphatic heterocycles. The number of nitrogens with zero attached hydrogens (tertiary/aromatic N) is 1. The molecule has 1 aromatic rings. The number of benzene rings is 1. The lowest BCUT2D eigenvalue weighted by atomic mass is 10.1. The lowest BCUT2D eigenvalue weighted by Gasteiger charge is -2.17. The molecule has 1 rings (SSSR count). The van der Waals surface area contributed by atoms with Crippen LogP contribution in [0.4, 0.5) is 0 Å². The molecule has 15 heavy (non-hydrogen) atoms. The van der Waals surface area contributed by atoms with Gasteiger partial charge in [0.05, 0.1) is 5.56 Å². The molecule has 0 bridgehead atoms. The molecule has 0 fully saturated rings. The SMILES string of the molecule is CCCN(C)C(=O)c1cccc(C)c1I. The van der Waals surface area contributed by atoms with Crippen LogP contribution < -0.4 is 0 Å². The first-order valence-corrected chi connectivity index (χ1v) is 6.16. The molecule has 0 aromatic heterocycles. The van der Waals surface area contributed by atoms with E-state index in [9.17, 15) is 4.79 Å². The van der Waals surface area contributed by atoms with Crippen LogP contribution in [0.3, 0.4) is 0 Å². The van der Waals surface area contributed by atoms with Crippen LogP contribution in [0.15, 0.2) is 18.2 Å². The van der Waals surface area contributed by atoms with E-state index in [1.54, 1.807) is 4.90 Å². The minimum atomic E-state index is 0.116. The maximum Gasteiger partial charge on any atom is 0.254 e. The Morgan fingerprint density at radius 1 is 1.47 bits per heavy atom. The Morgan fingerprint density at radius 2 is 2.13 bits per heavy atom. The molecular weight excluding hydrogens is 301 g/mol. The quantitative estimate of drug-likeness (QED) is 0.785. The monoisotopic (exact) mass is 317 g/mol. The van der Waals surface area contributed by atoms with Gasteiger partial charge in [-0.2, -0.15) is 0 Å². The summed E-state index contributed by atoms with van der Waals surface area (Å²) in [6.45, 7) is 4.91. The topological polar surface area (TPSA) is 20.3 Å². The van der Waals surface area contributed by atoms with E-state index < -0.39 is 0 Å². The van der Waals surface area contributed by atoms with Crippen LogP contribution in [0.1, 0.15) is 29.3 Å². The van der Waals surface area contributed by atoms with Crippen molar-refractivity contribution in [2.24, 2.45) is 0 Å². The van der Waals surface area contributed by atoms with Crippen molar-refractivity contribution >= 4 is 28.5 Å². The standard InChI is InChI=1S/C12H16INO/c1-4-8-14(3)12(15)10-7-5-6-9(2)11(10)13/h5-7H,4,8H2,1-3H3. The average molecular weight is 317 g/mol. The third kappa shape index (κ3) is 2.93. The molecule has 3 heteroatoms. The molecule has 1 amide bonds. The molecule has 0 heterocycles. The Bertz CT molecular complexity index is 363. The van der Waals surface area contributed by atoms with Gasteiger partial charge in [-0.15, -0.1) is 0 Å². The lowest BCUT2D eigenvalue weighted by Crippen LogP contribution is -2.28. The van der Waals surface area contributed by atoms with Crippen LogP contribution in [-0.2, 0) is 0 Å². The summed E-state index contributed by atoms with van der Waals surface area (Å²) in [4.78, 5) is 13.8. The van der Waals surface area contributed by atoms with E-state index >= 15 is 0 Å². The summed E-state index contributed by atoms with van der Waals surface area (Å²) >= 11 is 2.23. The summed E-state index contributed by atoms with van der Waals surface area (Å²) < 4.78 is 1.06. The first-order chi connectivity index (χ1) is 7.07. The predicted molar refractivity (Wildman–Crippen MR) is 71.1 cm³/mol. The van der Waals surface area contributed by atoms with Gasteiger partial charge in [0.15, 0.2) is 0 Å². The van der Waals surface area contributed by atoms with Gasteiger partial charge in [0.25, 0.3) is 5.91 Å². The minimum Gasteiger partial charge on any atom is -0.342 e. The van der Waals surface area contributed by atoms with Gasteiger partial charge >= 0.3 is 0 Å². The highest BCUT2D eigenvalue weighted by Crippen LogP contribution is 2.18. The smallest absolute Gasteiger partial charge is 0.254 e. The summed E-state index contributed by atoms with van der Waals surface area (Å²) in [5.74, 6) is 0.116. The Morgan fingerprint density at radius 3 is 2.73 bits per heavy atom. The van der Waals surface area contributed by atoms with Crippen molar-refractivity contribution < 1.29 is 4.79 Å². The number of hydrogen-bond acceptors (Lipinski definition) is 1. The third-order valence-corrected chi connectivity index (χ3v) is 3.76. The molecule has 0 radical (unpaired) electrons. The Labute approximate surface area is 105 Å². The van der Waals surface area contributed by atoms with Gasteiger partial charge in [0.1, 0.15) is 0 Å². The zero-order valence-electron chi connectivity index (χ0n) is 9.38. The number of carbonyl (C=O) groups is 1. The molecule has 0 aliphatic rings. The first kappa shape index (κ1) is 12.5. The van der Waals surface area contributed by atoms with E-state index in [-0.39, 0.29) is 5.91 Å². The van der Waals surface area contributed by atoms with Crippen LogP contribution in [0.2, 0.25) is 0 Å². The van der Waals surface area contributed by atoms with Crippen LogP contribution in [-0.4, -0.2) is 24.4 Å². The number of halogens is 1. The van der Waals surface area contributed by atoms with Crippen molar-refractivity contribution in [2.45, 2.75) is 20.3 Å². The van der Waals surface area contributed by atoms with Gasteiger partial charge < -0.3 is 4.90 Å². The summed E-state index contributed by atoms with van der Waals surface area (Å²) in [6, 6.07) is 5.85. The highest BCUT2D eigenvalue weighted by atomic mass is 127. The van der Waals surface area contributed by atoms with Gasteiger partial charge in [-0.25, -0.2) is 0 Å². The number of hydrogen-bond donors (Lipinski definition) is 0. The van der Waals surface area contributed by atoms with Crippen LogP contribution in [0, 0.1) is 10.5 Å². The van der Waals surface area contributed by atoms with Crippen LogP contribution >= 0.6 is 22.6 Å².